The molecule has 52 heavy (non-hydrogen) atoms. The molecule has 6 N–H and O–H groups in total. The Labute approximate surface area is 310 Å². The quantitative estimate of drug-likeness (QED) is 0.0438. The van der Waals surface area contributed by atoms with Crippen LogP contribution in [-0.2, 0) is 13.1 Å². The van der Waals surface area contributed by atoms with Crippen LogP contribution in [0.2, 0.25) is 0 Å². The molecule has 276 valence electrons. The Balaban J connectivity index is 1.76. The second kappa shape index (κ2) is 19.8. The number of nitrogens with zero attached hydrogens (tertiary/aromatic N) is 3. The minimum Gasteiger partial charge on any atom is -0.397 e. The highest BCUT2D eigenvalue weighted by molar-refractivity contribution is 6.05. The number of hydrogen-bond acceptors (Lipinski definition) is 6. The molecule has 0 saturated carbocycles. The number of amidine groups is 2. The first kappa shape index (κ1) is 41.0. The van der Waals surface area contributed by atoms with Gasteiger partial charge in [0.15, 0.2) is 0 Å². The lowest BCUT2D eigenvalue weighted by molar-refractivity contribution is 0.523. The molecular weight excluding hydrogens is 648 g/mol. The fourth-order valence-corrected chi connectivity index (χ4v) is 5.63. The molecule has 0 spiro atoms. The molecule has 2 aromatic carbocycles. The molecule has 1 atom stereocenters. The van der Waals surface area contributed by atoms with E-state index in [2.05, 4.69) is 95.3 Å². The zero-order valence-electron chi connectivity index (χ0n) is 32.0. The Bertz CT molecular complexity index is 1820. The molecule has 0 heterocycles. The van der Waals surface area contributed by atoms with Crippen LogP contribution in [0.3, 0.4) is 0 Å². The van der Waals surface area contributed by atoms with Gasteiger partial charge >= 0.3 is 0 Å². The van der Waals surface area contributed by atoms with Crippen LogP contribution >= 0.6 is 0 Å². The fourth-order valence-electron chi connectivity index (χ4n) is 5.63. The highest BCUT2D eigenvalue weighted by Gasteiger charge is 2.23. The van der Waals surface area contributed by atoms with Gasteiger partial charge in [-0.05, 0) is 62.1 Å². The number of allylic oxidation sites excluding steroid dienone is 5. The van der Waals surface area contributed by atoms with E-state index in [1.54, 1.807) is 13.1 Å². The van der Waals surface area contributed by atoms with Crippen molar-refractivity contribution in [1.29, 1.82) is 0 Å². The van der Waals surface area contributed by atoms with Gasteiger partial charge in [-0.1, -0.05) is 88.6 Å². The second-order valence-corrected chi connectivity index (χ2v) is 13.2. The lowest BCUT2D eigenvalue weighted by Gasteiger charge is -2.27. The smallest absolute Gasteiger partial charge is 0.128 e. The summed E-state index contributed by atoms with van der Waals surface area (Å²) in [6, 6.07) is 13.7. The third kappa shape index (κ3) is 11.8. The van der Waals surface area contributed by atoms with E-state index in [0.29, 0.717) is 42.3 Å². The van der Waals surface area contributed by atoms with Crippen LogP contribution in [0, 0.1) is 5.82 Å². The van der Waals surface area contributed by atoms with E-state index in [0.717, 1.165) is 75.6 Å². The molecule has 8 nitrogen and oxygen atoms in total. The van der Waals surface area contributed by atoms with Crippen molar-refractivity contribution in [2.45, 2.75) is 72.5 Å². The SMILES string of the molecule is C=C(C)CN=C(C)N=C(/C=C(\C)C(=C)NCc1ccc(F)c(CNC2=C(N)C(=C)C2=C)c1)CC(=C)N[C@@H](CCCC)c1ccc(C(=NC)NC)cc1. The highest BCUT2D eigenvalue weighted by atomic mass is 19.1. The van der Waals surface area contributed by atoms with E-state index in [9.17, 15) is 4.39 Å². The predicted molar refractivity (Wildman–Crippen MR) is 220 cm³/mol. The minimum absolute atomic E-state index is 0.0936. The first-order chi connectivity index (χ1) is 24.8. The Morgan fingerprint density at radius 1 is 1.00 bits per heavy atom. The van der Waals surface area contributed by atoms with E-state index in [4.69, 9.17) is 10.7 Å². The predicted octanol–water partition coefficient (Wildman–Crippen LogP) is 8.22. The summed E-state index contributed by atoms with van der Waals surface area (Å²) in [4.78, 5) is 13.8. The molecule has 0 bridgehead atoms. The van der Waals surface area contributed by atoms with Crippen LogP contribution in [0.15, 0.2) is 141 Å². The Hall–Kier alpha value is -5.44. The van der Waals surface area contributed by atoms with Crippen molar-refractivity contribution in [2.24, 2.45) is 20.7 Å². The molecule has 0 fully saturated rings. The number of nitrogens with one attached hydrogen (secondary N) is 4. The standard InChI is InChI=1S/C43H57FN8/c1-12-13-14-40(35-16-18-36(19-17-35)43(46-10)47-11)51-29(5)22-38(52-33(9)49-24-27(2)3)21-28(4)32(8)48-25-34-15-20-39(44)37(23-34)26-50-42-31(7)30(6)41(42)45/h15-21,23,40,48,50-51H,2,5-8,12-14,22,24-26,45H2,1,3-4,9-11H3,(H,46,47)/b28-21+,49-33?,52-38?/t40-/m0/s1. The van der Waals surface area contributed by atoms with Crippen molar-refractivity contribution < 1.29 is 4.39 Å². The van der Waals surface area contributed by atoms with Gasteiger partial charge in [-0.15, -0.1) is 0 Å². The van der Waals surface area contributed by atoms with Gasteiger partial charge in [0.1, 0.15) is 17.5 Å². The first-order valence-electron chi connectivity index (χ1n) is 17.7. The third-order valence-corrected chi connectivity index (χ3v) is 8.74. The Morgan fingerprint density at radius 2 is 1.71 bits per heavy atom. The summed E-state index contributed by atoms with van der Waals surface area (Å²) in [5.41, 5.74) is 16.7. The summed E-state index contributed by atoms with van der Waals surface area (Å²) in [7, 11) is 3.66. The molecule has 0 radical (unpaired) electrons. The van der Waals surface area contributed by atoms with E-state index < -0.39 is 0 Å². The molecule has 0 aliphatic heterocycles. The highest BCUT2D eigenvalue weighted by Crippen LogP contribution is 2.32. The molecule has 1 aliphatic rings. The molecule has 0 aromatic heterocycles. The summed E-state index contributed by atoms with van der Waals surface area (Å²) in [5, 5.41) is 13.4. The summed E-state index contributed by atoms with van der Waals surface area (Å²) in [6.07, 6.45) is 5.64. The van der Waals surface area contributed by atoms with Crippen LogP contribution in [0.25, 0.3) is 0 Å². The summed E-state index contributed by atoms with van der Waals surface area (Å²) >= 11 is 0. The van der Waals surface area contributed by atoms with Crippen molar-refractivity contribution >= 4 is 17.4 Å². The normalized spacial score (nSPS) is 14.5. The maximum absolute atomic E-state index is 14.7. The minimum atomic E-state index is -0.296. The number of aliphatic imine (C=N–C) groups is 3. The van der Waals surface area contributed by atoms with E-state index in [-0.39, 0.29) is 18.4 Å². The maximum Gasteiger partial charge on any atom is 0.128 e. The van der Waals surface area contributed by atoms with Crippen LogP contribution < -0.4 is 27.0 Å². The van der Waals surface area contributed by atoms with Gasteiger partial charge in [0.05, 0.1) is 24.0 Å². The van der Waals surface area contributed by atoms with Gasteiger partial charge in [0.25, 0.3) is 0 Å². The number of unbranched alkanes of at least 4 members (excludes halogenated alkanes) is 1. The molecule has 9 heteroatoms. The monoisotopic (exact) mass is 704 g/mol. The van der Waals surface area contributed by atoms with Gasteiger partial charge < -0.3 is 27.0 Å². The third-order valence-electron chi connectivity index (χ3n) is 8.74. The van der Waals surface area contributed by atoms with Crippen molar-refractivity contribution in [3.8, 4) is 0 Å². The van der Waals surface area contributed by atoms with E-state index in [1.807, 2.05) is 40.0 Å². The molecule has 2 aromatic rings. The van der Waals surface area contributed by atoms with Crippen molar-refractivity contribution in [3.63, 3.8) is 0 Å². The average Bonchev–Trinajstić information content (AvgIpc) is 3.12. The van der Waals surface area contributed by atoms with Gasteiger partial charge in [0.2, 0.25) is 0 Å². The van der Waals surface area contributed by atoms with Gasteiger partial charge in [-0.3, -0.25) is 9.98 Å². The number of hydrogen-bond donors (Lipinski definition) is 5. The van der Waals surface area contributed by atoms with Crippen molar-refractivity contribution in [2.75, 3.05) is 20.6 Å². The van der Waals surface area contributed by atoms with Crippen LogP contribution in [0.5, 0.6) is 0 Å². The summed E-state index contributed by atoms with van der Waals surface area (Å²) in [6.45, 7) is 29.8. The van der Waals surface area contributed by atoms with E-state index in [1.165, 1.54) is 11.6 Å². The molecule has 1 aliphatic carbocycles. The Morgan fingerprint density at radius 3 is 2.33 bits per heavy atom. The van der Waals surface area contributed by atoms with Crippen LogP contribution in [-0.4, -0.2) is 38.0 Å². The number of halogens is 1. The van der Waals surface area contributed by atoms with Crippen LogP contribution in [0.1, 0.15) is 81.7 Å². The van der Waals surface area contributed by atoms with Gasteiger partial charge in [-0.2, -0.15) is 0 Å². The average molecular weight is 705 g/mol. The maximum atomic E-state index is 14.7. The molecular formula is C43H57FN8. The zero-order chi connectivity index (χ0) is 38.4. The van der Waals surface area contributed by atoms with Crippen LogP contribution in [0.4, 0.5) is 4.39 Å². The molecule has 0 amide bonds. The van der Waals surface area contributed by atoms with Crippen molar-refractivity contribution in [1.82, 2.24) is 21.3 Å². The summed E-state index contributed by atoms with van der Waals surface area (Å²) < 4.78 is 14.7. The first-order valence-corrected chi connectivity index (χ1v) is 17.7. The zero-order valence-corrected chi connectivity index (χ0v) is 32.0. The second-order valence-electron chi connectivity index (χ2n) is 13.2. The topological polar surface area (TPSA) is 111 Å². The van der Waals surface area contributed by atoms with Gasteiger partial charge in [0, 0.05) is 73.0 Å². The fraction of sp³-hybridized carbons (Fsp3) is 0.326. The lowest BCUT2D eigenvalue weighted by atomic mass is 9.90. The largest absolute Gasteiger partial charge is 0.397 e. The number of nitrogens with two attached hydrogens (primary N) is 1. The lowest BCUT2D eigenvalue weighted by Crippen LogP contribution is -2.28. The molecule has 3 rings (SSSR count). The molecule has 0 saturated heterocycles. The summed E-state index contributed by atoms with van der Waals surface area (Å²) in [5.74, 6) is 1.21. The number of benzene rings is 2. The molecule has 0 unspecified atom stereocenters. The van der Waals surface area contributed by atoms with E-state index >= 15 is 0 Å². The number of rotatable bonds is 19. The Kier molecular flexibility index (Phi) is 15.6. The van der Waals surface area contributed by atoms with Crippen molar-refractivity contribution in [3.05, 3.63) is 155 Å². The van der Waals surface area contributed by atoms with Gasteiger partial charge in [-0.25, -0.2) is 9.38 Å².